The molecule has 0 aromatic carbocycles. The van der Waals surface area contributed by atoms with Crippen molar-refractivity contribution in [2.24, 2.45) is 0 Å². The van der Waals surface area contributed by atoms with Crippen molar-refractivity contribution >= 4 is 18.0 Å². The first kappa shape index (κ1) is 7.41. The molecule has 0 saturated heterocycles. The van der Waals surface area contributed by atoms with E-state index in [1.165, 1.54) is 0 Å². The summed E-state index contributed by atoms with van der Waals surface area (Å²) < 4.78 is 25.4. The molecule has 0 radical (unpaired) electrons. The van der Waals surface area contributed by atoms with Crippen LogP contribution in [0.3, 0.4) is 0 Å². The monoisotopic (exact) mass is 146 g/mol. The number of hydrogen-bond acceptors (Lipinski definition) is 2. The molecule has 0 amide bonds. The predicted octanol–water partition coefficient (Wildman–Crippen LogP) is 1.99. The topological polar surface area (TPSA) is 26.3 Å². The normalized spacial score (nSPS) is 18.7. The van der Waals surface area contributed by atoms with Gasteiger partial charge in [-0.2, -0.15) is 0 Å². The van der Waals surface area contributed by atoms with Gasteiger partial charge in [0.25, 0.3) is 0 Å². The molecule has 1 atom stereocenters. The van der Waals surface area contributed by atoms with Crippen LogP contribution in [-0.2, 0) is 9.09 Å². The van der Waals surface area contributed by atoms with E-state index in [1.807, 2.05) is 0 Å². The van der Waals surface area contributed by atoms with E-state index in [9.17, 15) is 8.96 Å². The molecule has 5 heteroatoms. The summed E-state index contributed by atoms with van der Waals surface area (Å²) in [6.07, 6.45) is -1.11. The summed E-state index contributed by atoms with van der Waals surface area (Å²) >= 11 is 4.86. The molecule has 0 aromatic heterocycles. The average molecular weight is 146 g/mol. The molecular formula is C2H5ClFO2P. The van der Waals surface area contributed by atoms with E-state index in [0.717, 1.165) is 7.11 Å². The Morgan fingerprint density at radius 2 is 2.43 bits per heavy atom. The van der Waals surface area contributed by atoms with Gasteiger partial charge < -0.3 is 4.52 Å². The van der Waals surface area contributed by atoms with Crippen molar-refractivity contribution in [2.45, 2.75) is 0 Å². The van der Waals surface area contributed by atoms with E-state index in [4.69, 9.17) is 11.2 Å². The van der Waals surface area contributed by atoms with Gasteiger partial charge in [-0.3, -0.25) is 4.57 Å². The van der Waals surface area contributed by atoms with Crippen molar-refractivity contribution < 1.29 is 13.5 Å². The van der Waals surface area contributed by atoms with Crippen LogP contribution in [0.5, 0.6) is 0 Å². The summed E-state index contributed by atoms with van der Waals surface area (Å²) in [4.78, 5) is 0. The van der Waals surface area contributed by atoms with Crippen LogP contribution in [0.25, 0.3) is 0 Å². The van der Waals surface area contributed by atoms with E-state index in [1.54, 1.807) is 0 Å². The molecule has 0 fully saturated rings. The maximum absolute atomic E-state index is 11.3. The number of alkyl halides is 1. The van der Waals surface area contributed by atoms with Crippen LogP contribution in [0.15, 0.2) is 0 Å². The first-order valence-corrected chi connectivity index (χ1v) is 4.24. The van der Waals surface area contributed by atoms with Crippen LogP contribution in [-0.4, -0.2) is 13.5 Å². The highest BCUT2D eigenvalue weighted by molar-refractivity contribution is 7.85. The summed E-state index contributed by atoms with van der Waals surface area (Å²) in [5, 5.41) is 0. The van der Waals surface area contributed by atoms with E-state index in [2.05, 4.69) is 4.52 Å². The molecule has 1 unspecified atom stereocenters. The Morgan fingerprint density at radius 3 is 2.43 bits per heavy atom. The largest absolute Gasteiger partial charge is 0.320 e. The number of rotatable bonds is 2. The molecule has 44 valence electrons. The molecule has 0 rings (SSSR count). The fourth-order valence-electron chi connectivity index (χ4n) is 0.0488. The summed E-state index contributed by atoms with van der Waals surface area (Å²) in [6, 6.07) is 0. The van der Waals surface area contributed by atoms with Gasteiger partial charge in [-0.25, -0.2) is 4.39 Å². The molecule has 7 heavy (non-hydrogen) atoms. The molecule has 0 aliphatic carbocycles. The second-order valence-electron chi connectivity index (χ2n) is 0.892. The lowest BCUT2D eigenvalue weighted by atomic mass is 11.8. The number of hydrogen-bond donors (Lipinski definition) is 0. The van der Waals surface area contributed by atoms with E-state index >= 15 is 0 Å². The van der Waals surface area contributed by atoms with Crippen LogP contribution >= 0.6 is 18.0 Å². The second-order valence-corrected chi connectivity index (χ2v) is 4.22. The standard InChI is InChI=1S/C2H5ClFO2P/c1-6-7(3,5)2-4/h2H2,1H3. The predicted molar refractivity (Wildman–Crippen MR) is 26.4 cm³/mol. The highest BCUT2D eigenvalue weighted by Crippen LogP contribution is 2.51. The van der Waals surface area contributed by atoms with E-state index < -0.39 is 13.1 Å². The van der Waals surface area contributed by atoms with Crippen LogP contribution < -0.4 is 0 Å². The Morgan fingerprint density at radius 1 is 2.00 bits per heavy atom. The van der Waals surface area contributed by atoms with Gasteiger partial charge >= 0.3 is 6.72 Å². The Bertz CT molecular complexity index is 87.7. The second kappa shape index (κ2) is 2.65. The number of halogens is 2. The highest BCUT2D eigenvalue weighted by Gasteiger charge is 2.14. The summed E-state index contributed by atoms with van der Waals surface area (Å²) in [7, 11) is 1.10. The molecule has 0 N–H and O–H groups in total. The third kappa shape index (κ3) is 3.03. The van der Waals surface area contributed by atoms with Gasteiger partial charge in [-0.05, 0) is 11.2 Å². The maximum Gasteiger partial charge on any atom is 0.320 e. The van der Waals surface area contributed by atoms with Gasteiger partial charge in [0.15, 0.2) is 6.42 Å². The van der Waals surface area contributed by atoms with Gasteiger partial charge in [0, 0.05) is 7.11 Å². The lowest BCUT2D eigenvalue weighted by molar-refractivity contribution is 0.389. The van der Waals surface area contributed by atoms with Crippen molar-refractivity contribution in [3.8, 4) is 0 Å². The van der Waals surface area contributed by atoms with Crippen molar-refractivity contribution in [3.05, 3.63) is 0 Å². The molecule has 0 spiro atoms. The molecule has 0 saturated carbocycles. The SMILES string of the molecule is COP(=O)(Cl)CF. The molecule has 0 aliphatic heterocycles. The van der Waals surface area contributed by atoms with Crippen LogP contribution in [0.2, 0.25) is 0 Å². The van der Waals surface area contributed by atoms with Gasteiger partial charge in [0.05, 0.1) is 0 Å². The van der Waals surface area contributed by atoms with Gasteiger partial charge in [-0.15, -0.1) is 0 Å². The molecular weight excluding hydrogens is 141 g/mol. The lowest BCUT2D eigenvalue weighted by Crippen LogP contribution is -1.75. The Labute approximate surface area is 45.9 Å². The van der Waals surface area contributed by atoms with Crippen molar-refractivity contribution in [1.29, 1.82) is 0 Å². The van der Waals surface area contributed by atoms with E-state index in [-0.39, 0.29) is 0 Å². The fourth-order valence-corrected chi connectivity index (χ4v) is 0.146. The quantitative estimate of drug-likeness (QED) is 0.557. The minimum absolute atomic E-state index is 1.10. The smallest absolute Gasteiger partial charge is 0.319 e. The Balaban J connectivity index is 3.61. The van der Waals surface area contributed by atoms with Crippen LogP contribution in [0.1, 0.15) is 0 Å². The Kier molecular flexibility index (Phi) is 2.81. The zero-order valence-corrected chi connectivity index (χ0v) is 5.38. The molecule has 0 heterocycles. The summed E-state index contributed by atoms with van der Waals surface area (Å²) in [5.74, 6) is 0. The van der Waals surface area contributed by atoms with Gasteiger partial charge in [0.2, 0.25) is 0 Å². The highest BCUT2D eigenvalue weighted by atomic mass is 35.7. The molecule has 0 bridgehead atoms. The van der Waals surface area contributed by atoms with E-state index in [0.29, 0.717) is 0 Å². The fraction of sp³-hybridized carbons (Fsp3) is 1.00. The Hall–Kier alpha value is 0.410. The first-order valence-electron chi connectivity index (χ1n) is 1.53. The minimum Gasteiger partial charge on any atom is -0.319 e. The third-order valence-corrected chi connectivity index (χ3v) is 1.93. The first-order chi connectivity index (χ1) is 3.12. The molecule has 2 nitrogen and oxygen atoms in total. The molecule has 0 aromatic rings. The zero-order valence-electron chi connectivity index (χ0n) is 3.73. The zero-order chi connectivity index (χ0) is 5.91. The van der Waals surface area contributed by atoms with Gasteiger partial charge in [-0.1, -0.05) is 0 Å². The van der Waals surface area contributed by atoms with Gasteiger partial charge in [0.1, 0.15) is 0 Å². The third-order valence-electron chi connectivity index (χ3n) is 0.415. The van der Waals surface area contributed by atoms with Crippen LogP contribution in [0, 0.1) is 0 Å². The lowest BCUT2D eigenvalue weighted by Gasteiger charge is -1.98. The van der Waals surface area contributed by atoms with Crippen molar-refractivity contribution in [2.75, 3.05) is 13.5 Å². The van der Waals surface area contributed by atoms with Crippen molar-refractivity contribution in [3.63, 3.8) is 0 Å². The summed E-state index contributed by atoms with van der Waals surface area (Å²) in [6.45, 7) is -3.35. The maximum atomic E-state index is 11.3. The van der Waals surface area contributed by atoms with Crippen LogP contribution in [0.4, 0.5) is 4.39 Å². The van der Waals surface area contributed by atoms with Crippen molar-refractivity contribution in [1.82, 2.24) is 0 Å². The molecule has 0 aliphatic rings. The minimum atomic E-state index is -3.35. The average Bonchev–Trinajstić information content (AvgIpc) is 1.68. The summed E-state index contributed by atoms with van der Waals surface area (Å²) in [5.41, 5.74) is 0.